The first-order valence-electron chi connectivity index (χ1n) is 9.13. The molecule has 152 valence electrons. The Morgan fingerprint density at radius 3 is 2.67 bits per heavy atom. The standard InChI is InChI=1S/C23H20N2O5/c1-4-9-30-20-8-7-16(12-21(20)28-3)11-18-15(2)19(13-24)23(27)25(22(18)26)14-17-6-5-10-29-17/h4-8,10-12H,1,9,14H2,2-3H3/b18-11+. The van der Waals surface area contributed by atoms with E-state index in [2.05, 4.69) is 6.58 Å². The molecule has 1 aromatic carbocycles. The molecule has 3 rings (SSSR count). The molecule has 2 amide bonds. The van der Waals surface area contributed by atoms with Crippen molar-refractivity contribution in [3.63, 3.8) is 0 Å². The number of ether oxygens (including phenoxy) is 2. The molecule has 1 aliphatic rings. The molecule has 0 unspecified atom stereocenters. The monoisotopic (exact) mass is 404 g/mol. The van der Waals surface area contributed by atoms with Crippen molar-refractivity contribution in [2.75, 3.05) is 13.7 Å². The fraction of sp³-hybridized carbons (Fsp3) is 0.174. The van der Waals surface area contributed by atoms with Crippen molar-refractivity contribution in [3.8, 4) is 17.6 Å². The summed E-state index contributed by atoms with van der Waals surface area (Å²) in [6.07, 6.45) is 4.70. The Bertz CT molecular complexity index is 1090. The van der Waals surface area contributed by atoms with E-state index < -0.39 is 11.8 Å². The van der Waals surface area contributed by atoms with Crippen molar-refractivity contribution in [3.05, 3.63) is 77.3 Å². The minimum atomic E-state index is -0.640. The summed E-state index contributed by atoms with van der Waals surface area (Å²) in [5.74, 6) is 0.325. The van der Waals surface area contributed by atoms with Crippen molar-refractivity contribution in [1.29, 1.82) is 5.26 Å². The molecule has 1 aliphatic heterocycles. The summed E-state index contributed by atoms with van der Waals surface area (Å²) in [5.41, 5.74) is 1.16. The summed E-state index contributed by atoms with van der Waals surface area (Å²) in [5, 5.41) is 9.48. The number of nitrogens with zero attached hydrogens (tertiary/aromatic N) is 2. The highest BCUT2D eigenvalue weighted by Gasteiger charge is 2.35. The van der Waals surface area contributed by atoms with E-state index in [-0.39, 0.29) is 17.7 Å². The molecule has 0 fully saturated rings. The maximum atomic E-state index is 13.1. The number of imide groups is 1. The number of benzene rings is 1. The number of hydrogen-bond donors (Lipinski definition) is 0. The molecule has 2 heterocycles. The van der Waals surface area contributed by atoms with Gasteiger partial charge in [0.15, 0.2) is 11.5 Å². The van der Waals surface area contributed by atoms with Crippen LogP contribution in [0.25, 0.3) is 6.08 Å². The fourth-order valence-corrected chi connectivity index (χ4v) is 3.04. The van der Waals surface area contributed by atoms with Crippen molar-refractivity contribution < 1.29 is 23.5 Å². The van der Waals surface area contributed by atoms with E-state index in [0.29, 0.717) is 35.0 Å². The summed E-state index contributed by atoms with van der Waals surface area (Å²) in [6.45, 7) is 5.47. The number of methoxy groups -OCH3 is 1. The van der Waals surface area contributed by atoms with E-state index >= 15 is 0 Å². The quantitative estimate of drug-likeness (QED) is 0.397. The molecular weight excluding hydrogens is 384 g/mol. The van der Waals surface area contributed by atoms with Gasteiger partial charge < -0.3 is 13.9 Å². The Kier molecular flexibility index (Phi) is 6.18. The summed E-state index contributed by atoms with van der Waals surface area (Å²) in [6, 6.07) is 10.4. The molecule has 7 heteroatoms. The van der Waals surface area contributed by atoms with Crippen LogP contribution in [0.15, 0.2) is 70.4 Å². The van der Waals surface area contributed by atoms with Gasteiger partial charge >= 0.3 is 0 Å². The van der Waals surface area contributed by atoms with Gasteiger partial charge in [-0.25, -0.2) is 0 Å². The van der Waals surface area contributed by atoms with E-state index in [1.807, 2.05) is 6.07 Å². The second kappa shape index (κ2) is 8.97. The van der Waals surface area contributed by atoms with Gasteiger partial charge in [-0.1, -0.05) is 18.7 Å². The van der Waals surface area contributed by atoms with Gasteiger partial charge in [-0.2, -0.15) is 5.26 Å². The van der Waals surface area contributed by atoms with Crippen LogP contribution in [-0.4, -0.2) is 30.4 Å². The number of amides is 2. The normalized spacial score (nSPS) is 15.4. The highest BCUT2D eigenvalue weighted by Crippen LogP contribution is 2.32. The number of furan rings is 1. The highest BCUT2D eigenvalue weighted by atomic mass is 16.5. The molecule has 2 aromatic rings. The zero-order chi connectivity index (χ0) is 21.7. The predicted octanol–water partition coefficient (Wildman–Crippen LogP) is 3.65. The Labute approximate surface area is 174 Å². The average Bonchev–Trinajstić information content (AvgIpc) is 3.26. The summed E-state index contributed by atoms with van der Waals surface area (Å²) in [4.78, 5) is 26.8. The van der Waals surface area contributed by atoms with Crippen LogP contribution < -0.4 is 9.47 Å². The van der Waals surface area contributed by atoms with Crippen LogP contribution in [-0.2, 0) is 16.1 Å². The molecule has 0 N–H and O–H groups in total. The lowest BCUT2D eigenvalue weighted by atomic mass is 9.93. The number of nitriles is 1. The zero-order valence-electron chi connectivity index (χ0n) is 16.7. The maximum absolute atomic E-state index is 13.1. The van der Waals surface area contributed by atoms with Crippen molar-refractivity contribution in [2.45, 2.75) is 13.5 Å². The minimum absolute atomic E-state index is 0.0574. The molecule has 30 heavy (non-hydrogen) atoms. The van der Waals surface area contributed by atoms with Gasteiger partial charge in [0.05, 0.1) is 19.9 Å². The molecule has 0 spiro atoms. The number of carbonyl (C=O) groups is 2. The molecule has 7 nitrogen and oxygen atoms in total. The smallest absolute Gasteiger partial charge is 0.272 e. The van der Waals surface area contributed by atoms with Crippen LogP contribution in [0.1, 0.15) is 18.2 Å². The van der Waals surface area contributed by atoms with Crippen LogP contribution in [0.4, 0.5) is 0 Å². The molecule has 1 aromatic heterocycles. The SMILES string of the molecule is C=CCOc1ccc(/C=C2/C(=O)N(Cc3ccco3)C(=O)C(C#N)=C2C)cc1OC. The Hall–Kier alpha value is -4.05. The fourth-order valence-electron chi connectivity index (χ4n) is 3.04. The molecule has 0 aliphatic carbocycles. The highest BCUT2D eigenvalue weighted by molar-refractivity contribution is 6.19. The lowest BCUT2D eigenvalue weighted by Gasteiger charge is -2.26. The molecule has 0 atom stereocenters. The predicted molar refractivity (Wildman–Crippen MR) is 109 cm³/mol. The van der Waals surface area contributed by atoms with Gasteiger partial charge in [0.1, 0.15) is 24.0 Å². The third-order valence-corrected chi connectivity index (χ3v) is 4.57. The second-order valence-electron chi connectivity index (χ2n) is 6.46. The minimum Gasteiger partial charge on any atom is -0.493 e. The molecule has 0 bridgehead atoms. The van der Waals surface area contributed by atoms with Crippen molar-refractivity contribution >= 4 is 17.9 Å². The van der Waals surface area contributed by atoms with E-state index in [1.54, 1.807) is 49.4 Å². The van der Waals surface area contributed by atoms with Crippen LogP contribution in [0.5, 0.6) is 11.5 Å². The summed E-state index contributed by atoms with van der Waals surface area (Å²) < 4.78 is 16.2. The average molecular weight is 404 g/mol. The van der Waals surface area contributed by atoms with Gasteiger partial charge in [0.25, 0.3) is 11.8 Å². The second-order valence-corrected chi connectivity index (χ2v) is 6.46. The third kappa shape index (κ3) is 4.03. The molecule has 0 saturated carbocycles. The lowest BCUT2D eigenvalue weighted by Crippen LogP contribution is -2.42. The van der Waals surface area contributed by atoms with Gasteiger partial charge in [-0.05, 0) is 48.4 Å². The number of hydrogen-bond acceptors (Lipinski definition) is 6. The summed E-state index contributed by atoms with van der Waals surface area (Å²) in [7, 11) is 1.52. The van der Waals surface area contributed by atoms with Gasteiger partial charge in [-0.3, -0.25) is 14.5 Å². The van der Waals surface area contributed by atoms with Crippen molar-refractivity contribution in [1.82, 2.24) is 4.90 Å². The summed E-state index contributed by atoms with van der Waals surface area (Å²) >= 11 is 0. The lowest BCUT2D eigenvalue weighted by molar-refractivity contribution is -0.141. The largest absolute Gasteiger partial charge is 0.493 e. The topological polar surface area (TPSA) is 92.8 Å². The van der Waals surface area contributed by atoms with Gasteiger partial charge in [0.2, 0.25) is 0 Å². The maximum Gasteiger partial charge on any atom is 0.272 e. The first kappa shape index (κ1) is 20.7. The Balaban J connectivity index is 2.02. The van der Waals surface area contributed by atoms with Gasteiger partial charge in [0, 0.05) is 5.57 Å². The molecule has 0 radical (unpaired) electrons. The van der Waals surface area contributed by atoms with Crippen LogP contribution in [0.2, 0.25) is 0 Å². The Morgan fingerprint density at radius 1 is 1.23 bits per heavy atom. The number of carbonyl (C=O) groups excluding carboxylic acids is 2. The zero-order valence-corrected chi connectivity index (χ0v) is 16.7. The van der Waals surface area contributed by atoms with E-state index in [4.69, 9.17) is 13.9 Å². The van der Waals surface area contributed by atoms with Gasteiger partial charge in [-0.15, -0.1) is 0 Å². The molecular formula is C23H20N2O5. The first-order valence-corrected chi connectivity index (χ1v) is 9.13. The third-order valence-electron chi connectivity index (χ3n) is 4.57. The van der Waals surface area contributed by atoms with Crippen LogP contribution in [0, 0.1) is 11.3 Å². The first-order chi connectivity index (χ1) is 14.5. The van der Waals surface area contributed by atoms with Crippen LogP contribution in [0.3, 0.4) is 0 Å². The molecule has 0 saturated heterocycles. The van der Waals surface area contributed by atoms with E-state index in [0.717, 1.165) is 4.90 Å². The van der Waals surface area contributed by atoms with E-state index in [9.17, 15) is 14.9 Å². The number of rotatable bonds is 7. The van der Waals surface area contributed by atoms with Crippen molar-refractivity contribution in [2.24, 2.45) is 0 Å². The van der Waals surface area contributed by atoms with E-state index in [1.165, 1.54) is 13.4 Å². The van der Waals surface area contributed by atoms with Crippen LogP contribution >= 0.6 is 0 Å². The Morgan fingerprint density at radius 2 is 2.03 bits per heavy atom.